The molecule has 11 heteroatoms. The quantitative estimate of drug-likeness (QED) is 0.415. The van der Waals surface area contributed by atoms with E-state index in [9.17, 15) is 31.5 Å². The number of carbonyl (C=O) groups is 2. The number of ether oxygens (including phenoxy) is 4. The molecular weight excluding hydrogens is 371 g/mol. The van der Waals surface area contributed by atoms with Crippen molar-refractivity contribution in [2.45, 2.75) is 63.7 Å². The average Bonchev–Trinajstić information content (AvgIpc) is 2.57. The molecule has 0 amide bonds. The Hall–Kier alpha value is -1.91. The van der Waals surface area contributed by atoms with Crippen molar-refractivity contribution >= 4 is 12.1 Å². The van der Waals surface area contributed by atoms with Crippen LogP contribution >= 0.6 is 0 Å². The maximum atomic E-state index is 14.7. The zero-order valence-corrected chi connectivity index (χ0v) is 14.8. The topological polar surface area (TPSA) is 71.1 Å². The van der Waals surface area contributed by atoms with E-state index in [0.29, 0.717) is 6.92 Å². The highest BCUT2D eigenvalue weighted by atomic mass is 19.4. The molecule has 1 heterocycles. The number of hydrogen-bond donors (Lipinski definition) is 0. The van der Waals surface area contributed by atoms with Crippen molar-refractivity contribution in [1.29, 1.82) is 0 Å². The van der Waals surface area contributed by atoms with Crippen LogP contribution in [0, 0.1) is 0 Å². The molecule has 0 radical (unpaired) electrons. The van der Waals surface area contributed by atoms with E-state index >= 15 is 0 Å². The summed E-state index contributed by atoms with van der Waals surface area (Å²) in [6, 6.07) is 0. The van der Waals surface area contributed by atoms with Crippen molar-refractivity contribution < 1.29 is 50.5 Å². The van der Waals surface area contributed by atoms with E-state index in [1.807, 2.05) is 0 Å². The molecule has 0 aromatic rings. The van der Waals surface area contributed by atoms with Gasteiger partial charge in [-0.15, -0.1) is 0 Å². The Balaban J connectivity index is 3.31. The van der Waals surface area contributed by atoms with Crippen LogP contribution in [0.3, 0.4) is 0 Å². The second-order valence-corrected chi connectivity index (χ2v) is 6.94. The van der Waals surface area contributed by atoms with Gasteiger partial charge in [-0.05, 0) is 34.6 Å². The van der Waals surface area contributed by atoms with E-state index < -0.39 is 47.8 Å². The molecule has 1 aliphatic rings. The fraction of sp³-hybridized carbons (Fsp3) is 0.733. The minimum atomic E-state index is -5.86. The van der Waals surface area contributed by atoms with E-state index in [0.717, 1.165) is 6.92 Å². The lowest BCUT2D eigenvalue weighted by Crippen LogP contribution is -2.65. The Morgan fingerprint density at radius 1 is 1.12 bits per heavy atom. The molecule has 0 aliphatic carbocycles. The van der Waals surface area contributed by atoms with Crippen LogP contribution in [0.25, 0.3) is 0 Å². The monoisotopic (exact) mass is 390 g/mol. The molecule has 1 aliphatic heterocycles. The minimum Gasteiger partial charge on any atom is -0.447 e. The molecule has 0 spiro atoms. The molecule has 0 aromatic carbocycles. The third-order valence-corrected chi connectivity index (χ3v) is 3.28. The molecule has 6 nitrogen and oxygen atoms in total. The first-order chi connectivity index (χ1) is 11.4. The summed E-state index contributed by atoms with van der Waals surface area (Å²) in [4.78, 5) is 23.2. The fourth-order valence-corrected chi connectivity index (χ4v) is 1.95. The lowest BCUT2D eigenvalue weighted by atomic mass is 9.94. The van der Waals surface area contributed by atoms with E-state index in [-0.39, 0.29) is 5.57 Å². The van der Waals surface area contributed by atoms with Crippen molar-refractivity contribution in [2.24, 2.45) is 0 Å². The van der Waals surface area contributed by atoms with Crippen LogP contribution in [0.2, 0.25) is 0 Å². The first kappa shape index (κ1) is 22.1. The number of alkyl halides is 5. The predicted octanol–water partition coefficient (Wildman–Crippen LogP) is 3.74. The van der Waals surface area contributed by atoms with Gasteiger partial charge >= 0.3 is 30.0 Å². The van der Waals surface area contributed by atoms with Crippen molar-refractivity contribution in [3.05, 3.63) is 12.2 Å². The van der Waals surface area contributed by atoms with Gasteiger partial charge in [-0.1, -0.05) is 6.58 Å². The SMILES string of the molecule is C=C(C)C(=O)OC1(C)COC(OC(=O)OC(C)(C)C)(C(F)(F)F)C1(F)F. The predicted molar refractivity (Wildman–Crippen MR) is 76.3 cm³/mol. The summed E-state index contributed by atoms with van der Waals surface area (Å²) in [5.74, 6) is -11.0. The Morgan fingerprint density at radius 2 is 1.62 bits per heavy atom. The number of esters is 1. The van der Waals surface area contributed by atoms with Gasteiger partial charge in [-0.25, -0.2) is 9.59 Å². The molecule has 0 bridgehead atoms. The second-order valence-electron chi connectivity index (χ2n) is 6.94. The normalized spacial score (nSPS) is 28.4. The minimum absolute atomic E-state index is 0.320. The van der Waals surface area contributed by atoms with Crippen LogP contribution in [-0.4, -0.2) is 47.8 Å². The summed E-state index contributed by atoms with van der Waals surface area (Å²) in [5, 5.41) is 0. The van der Waals surface area contributed by atoms with Gasteiger partial charge in [0.15, 0.2) is 0 Å². The van der Waals surface area contributed by atoms with Crippen LogP contribution in [0.5, 0.6) is 0 Å². The van der Waals surface area contributed by atoms with Gasteiger partial charge in [-0.3, -0.25) is 0 Å². The first-order valence-electron chi connectivity index (χ1n) is 7.28. The van der Waals surface area contributed by atoms with Crippen molar-refractivity contribution in [2.75, 3.05) is 6.61 Å². The van der Waals surface area contributed by atoms with Crippen LogP contribution in [0.1, 0.15) is 34.6 Å². The van der Waals surface area contributed by atoms with Gasteiger partial charge in [0, 0.05) is 5.57 Å². The zero-order valence-electron chi connectivity index (χ0n) is 14.8. The van der Waals surface area contributed by atoms with Gasteiger partial charge in [0.25, 0.3) is 0 Å². The van der Waals surface area contributed by atoms with E-state index in [1.165, 1.54) is 20.8 Å². The molecule has 1 rings (SSSR count). The van der Waals surface area contributed by atoms with E-state index in [4.69, 9.17) is 0 Å². The standard InChI is InChI=1S/C15H19F5O6/c1-8(2)9(21)24-12(6)7-23-14(13(12,16)17,15(18,19)20)26-10(22)25-11(3,4)5/h1,7H2,2-6H3. The van der Waals surface area contributed by atoms with Crippen LogP contribution in [-0.2, 0) is 23.7 Å². The molecule has 1 fully saturated rings. The molecule has 0 saturated carbocycles. The summed E-state index contributed by atoms with van der Waals surface area (Å²) >= 11 is 0. The summed E-state index contributed by atoms with van der Waals surface area (Å²) in [6.07, 6.45) is -7.88. The number of carbonyl (C=O) groups excluding carboxylic acids is 2. The van der Waals surface area contributed by atoms with Gasteiger partial charge in [-0.2, -0.15) is 22.0 Å². The molecule has 2 atom stereocenters. The lowest BCUT2D eigenvalue weighted by Gasteiger charge is -2.38. The van der Waals surface area contributed by atoms with Crippen molar-refractivity contribution in [3.63, 3.8) is 0 Å². The molecule has 26 heavy (non-hydrogen) atoms. The summed E-state index contributed by atoms with van der Waals surface area (Å²) in [7, 11) is 0. The Bertz CT molecular complexity index is 609. The van der Waals surface area contributed by atoms with Crippen LogP contribution < -0.4 is 0 Å². The first-order valence-corrected chi connectivity index (χ1v) is 7.28. The van der Waals surface area contributed by atoms with E-state index in [2.05, 4.69) is 25.5 Å². The molecule has 2 unspecified atom stereocenters. The number of rotatable bonds is 3. The summed E-state index contributed by atoms with van der Waals surface area (Å²) in [5.41, 5.74) is -4.70. The highest BCUT2D eigenvalue weighted by Gasteiger charge is 2.86. The maximum absolute atomic E-state index is 14.7. The zero-order chi connectivity index (χ0) is 20.8. The maximum Gasteiger partial charge on any atom is 0.511 e. The third kappa shape index (κ3) is 3.76. The molecular formula is C15H19F5O6. The van der Waals surface area contributed by atoms with Crippen molar-refractivity contribution in [3.8, 4) is 0 Å². The smallest absolute Gasteiger partial charge is 0.447 e. The second kappa shape index (κ2) is 6.36. The fourth-order valence-electron chi connectivity index (χ4n) is 1.95. The van der Waals surface area contributed by atoms with Gasteiger partial charge in [0.05, 0.1) is 6.61 Å². The van der Waals surface area contributed by atoms with E-state index in [1.54, 1.807) is 0 Å². The van der Waals surface area contributed by atoms with Gasteiger partial charge in [0.2, 0.25) is 5.60 Å². The summed E-state index contributed by atoms with van der Waals surface area (Å²) < 4.78 is 86.9. The highest BCUT2D eigenvalue weighted by Crippen LogP contribution is 2.56. The Morgan fingerprint density at radius 3 is 2.00 bits per heavy atom. The molecule has 0 N–H and O–H groups in total. The molecule has 1 saturated heterocycles. The highest BCUT2D eigenvalue weighted by molar-refractivity contribution is 5.87. The lowest BCUT2D eigenvalue weighted by molar-refractivity contribution is -0.409. The number of hydrogen-bond acceptors (Lipinski definition) is 6. The Labute approximate surface area is 146 Å². The average molecular weight is 390 g/mol. The molecule has 150 valence electrons. The largest absolute Gasteiger partial charge is 0.511 e. The van der Waals surface area contributed by atoms with Crippen LogP contribution in [0.4, 0.5) is 26.7 Å². The Kier molecular flexibility index (Phi) is 5.41. The molecule has 0 aromatic heterocycles. The van der Waals surface area contributed by atoms with Crippen LogP contribution in [0.15, 0.2) is 12.2 Å². The van der Waals surface area contributed by atoms with Crippen molar-refractivity contribution in [1.82, 2.24) is 0 Å². The third-order valence-electron chi connectivity index (χ3n) is 3.28. The van der Waals surface area contributed by atoms with Gasteiger partial charge < -0.3 is 18.9 Å². The number of halogens is 5. The summed E-state index contributed by atoms with van der Waals surface area (Å²) in [6.45, 7) is 7.30. The van der Waals surface area contributed by atoms with Gasteiger partial charge in [0.1, 0.15) is 5.60 Å².